The molecule has 1 aliphatic rings. The van der Waals surface area contributed by atoms with Crippen LogP contribution in [0.4, 0.5) is 0 Å². The predicted octanol–water partition coefficient (Wildman–Crippen LogP) is 6.42. The molecule has 0 aromatic heterocycles. The molecule has 2 atom stereocenters. The fourth-order valence-electron chi connectivity index (χ4n) is 5.09. The van der Waals surface area contributed by atoms with Gasteiger partial charge in [-0.2, -0.15) is 0 Å². The maximum Gasteiger partial charge on any atom is -0.00969 e. The highest BCUT2D eigenvalue weighted by molar-refractivity contribution is 7.74. The van der Waals surface area contributed by atoms with Crippen LogP contribution in [0.3, 0.4) is 0 Å². The van der Waals surface area contributed by atoms with Gasteiger partial charge in [-0.15, -0.1) is 0 Å². The Balaban J connectivity index is 1.49. The van der Waals surface area contributed by atoms with Crippen LogP contribution in [0, 0.1) is 5.92 Å². The summed E-state index contributed by atoms with van der Waals surface area (Å²) in [6.45, 7) is 0. The first-order valence-electron chi connectivity index (χ1n) is 11.7. The van der Waals surface area contributed by atoms with Gasteiger partial charge in [-0.3, -0.25) is 0 Å². The van der Waals surface area contributed by atoms with Crippen molar-refractivity contribution in [2.24, 2.45) is 5.92 Å². The Morgan fingerprint density at radius 3 is 1.34 bits per heavy atom. The monoisotopic (exact) mass is 452 g/mol. The second kappa shape index (κ2) is 10.6. The van der Waals surface area contributed by atoms with Gasteiger partial charge in [0.2, 0.25) is 0 Å². The largest absolute Gasteiger partial charge is 0.0622 e. The Labute approximate surface area is 195 Å². The molecule has 4 aromatic carbocycles. The lowest BCUT2D eigenvalue weighted by Crippen LogP contribution is -2.28. The van der Waals surface area contributed by atoms with Crippen molar-refractivity contribution < 1.29 is 0 Å². The second-order valence-electron chi connectivity index (χ2n) is 8.58. The summed E-state index contributed by atoms with van der Waals surface area (Å²) in [6.07, 6.45) is 5.38. The molecule has 0 aliphatic heterocycles. The Morgan fingerprint density at radius 1 is 0.500 bits per heavy atom. The average molecular weight is 453 g/mol. The lowest BCUT2D eigenvalue weighted by molar-refractivity contribution is 0.630. The number of benzene rings is 4. The van der Waals surface area contributed by atoms with Crippen LogP contribution >= 0.6 is 15.8 Å². The topological polar surface area (TPSA) is 0 Å². The summed E-state index contributed by atoms with van der Waals surface area (Å²) >= 11 is 0. The van der Waals surface area contributed by atoms with Crippen LogP contribution in [0.5, 0.6) is 0 Å². The molecule has 0 bridgehead atoms. The number of hydrogen-bond acceptors (Lipinski definition) is 0. The Bertz CT molecular complexity index is 1000. The molecule has 160 valence electrons. The highest BCUT2D eigenvalue weighted by atomic mass is 31.1. The molecule has 0 N–H and O–H groups in total. The van der Waals surface area contributed by atoms with E-state index in [1.165, 1.54) is 46.6 Å². The van der Waals surface area contributed by atoms with Gasteiger partial charge in [0.15, 0.2) is 0 Å². The van der Waals surface area contributed by atoms with Crippen LogP contribution in [-0.4, -0.2) is 11.8 Å². The second-order valence-corrected chi connectivity index (χ2v) is 13.3. The Kier molecular flexibility index (Phi) is 7.13. The maximum absolute atomic E-state index is 2.37. The van der Waals surface area contributed by atoms with Crippen LogP contribution < -0.4 is 21.2 Å². The molecular formula is C30H30P2. The standard InChI is InChI=1S/C30H30P2/c1-5-15-26(16-6-1)31(27-17-7-2-8-18-27)24-25-14-13-23-30(25)32(28-19-9-3-10-20-28)29-21-11-4-12-22-29/h1-12,15-22,25,30H,13-14,23-24H2/t25-,30+/m1/s1. The third-order valence-electron chi connectivity index (χ3n) is 6.57. The van der Waals surface area contributed by atoms with Crippen molar-refractivity contribution in [1.29, 1.82) is 0 Å². The summed E-state index contributed by atoms with van der Waals surface area (Å²) in [4.78, 5) is 0. The van der Waals surface area contributed by atoms with E-state index in [4.69, 9.17) is 0 Å². The number of hydrogen-bond donors (Lipinski definition) is 0. The van der Waals surface area contributed by atoms with Gasteiger partial charge in [0.25, 0.3) is 0 Å². The van der Waals surface area contributed by atoms with E-state index in [9.17, 15) is 0 Å². The Hall–Kier alpha value is -2.26. The normalized spacial score (nSPS) is 18.3. The van der Waals surface area contributed by atoms with Crippen LogP contribution in [0.15, 0.2) is 121 Å². The van der Waals surface area contributed by atoms with Crippen molar-refractivity contribution in [3.63, 3.8) is 0 Å². The SMILES string of the molecule is c1ccc(P(C[C@H]2CCC[C@@H]2P(c2ccccc2)c2ccccc2)c2ccccc2)cc1. The van der Waals surface area contributed by atoms with E-state index < -0.39 is 0 Å². The summed E-state index contributed by atoms with van der Waals surface area (Å²) in [5.41, 5.74) is 0.757. The number of rotatable bonds is 7. The minimum atomic E-state index is -0.349. The first-order chi connectivity index (χ1) is 15.9. The third-order valence-corrected chi connectivity index (χ3v) is 12.3. The molecule has 1 fully saturated rings. The fraction of sp³-hybridized carbons (Fsp3) is 0.200. The molecular weight excluding hydrogens is 422 g/mol. The van der Waals surface area contributed by atoms with Gasteiger partial charge in [0, 0.05) is 0 Å². The molecule has 2 heteroatoms. The highest BCUT2D eigenvalue weighted by Crippen LogP contribution is 2.53. The summed E-state index contributed by atoms with van der Waals surface area (Å²) in [5.74, 6) is 0.771. The molecule has 5 rings (SSSR count). The van der Waals surface area contributed by atoms with E-state index in [2.05, 4.69) is 121 Å². The summed E-state index contributed by atoms with van der Waals surface area (Å²) in [6, 6.07) is 45.2. The zero-order chi connectivity index (χ0) is 21.6. The van der Waals surface area contributed by atoms with Gasteiger partial charge in [-0.05, 0) is 67.6 Å². The van der Waals surface area contributed by atoms with Crippen molar-refractivity contribution in [3.05, 3.63) is 121 Å². The van der Waals surface area contributed by atoms with E-state index in [0.29, 0.717) is 0 Å². The quantitative estimate of drug-likeness (QED) is 0.284. The van der Waals surface area contributed by atoms with E-state index >= 15 is 0 Å². The molecule has 0 saturated heterocycles. The average Bonchev–Trinajstić information content (AvgIpc) is 3.33. The zero-order valence-corrected chi connectivity index (χ0v) is 20.2. The van der Waals surface area contributed by atoms with Gasteiger partial charge in [-0.25, -0.2) is 0 Å². The molecule has 0 spiro atoms. The van der Waals surface area contributed by atoms with Crippen LogP contribution in [0.2, 0.25) is 0 Å². The minimum absolute atomic E-state index is 0.341. The smallest absolute Gasteiger partial charge is 0.00969 e. The van der Waals surface area contributed by atoms with Crippen molar-refractivity contribution in [3.8, 4) is 0 Å². The molecule has 0 radical (unpaired) electrons. The molecule has 0 nitrogen and oxygen atoms in total. The first-order valence-corrected chi connectivity index (χ1v) is 14.6. The van der Waals surface area contributed by atoms with E-state index in [1.807, 2.05) is 0 Å². The lowest BCUT2D eigenvalue weighted by atomic mass is 10.1. The van der Waals surface area contributed by atoms with Gasteiger partial charge in [-0.1, -0.05) is 128 Å². The molecule has 0 unspecified atom stereocenters. The van der Waals surface area contributed by atoms with E-state index in [1.54, 1.807) is 0 Å². The third kappa shape index (κ3) is 4.88. The predicted molar refractivity (Wildman–Crippen MR) is 144 cm³/mol. The molecule has 0 amide bonds. The van der Waals surface area contributed by atoms with Gasteiger partial charge < -0.3 is 0 Å². The van der Waals surface area contributed by atoms with Gasteiger partial charge in [0.1, 0.15) is 0 Å². The van der Waals surface area contributed by atoms with Gasteiger partial charge in [0.05, 0.1) is 0 Å². The Morgan fingerprint density at radius 2 is 0.906 bits per heavy atom. The summed E-state index contributed by atoms with van der Waals surface area (Å²) in [7, 11) is -0.690. The van der Waals surface area contributed by atoms with Crippen LogP contribution in [-0.2, 0) is 0 Å². The molecule has 1 aliphatic carbocycles. The molecule has 1 saturated carbocycles. The van der Waals surface area contributed by atoms with E-state index in [0.717, 1.165) is 11.6 Å². The zero-order valence-electron chi connectivity index (χ0n) is 18.4. The van der Waals surface area contributed by atoms with Crippen LogP contribution in [0.1, 0.15) is 19.3 Å². The van der Waals surface area contributed by atoms with Gasteiger partial charge >= 0.3 is 0 Å². The van der Waals surface area contributed by atoms with Crippen molar-refractivity contribution in [2.45, 2.75) is 24.9 Å². The van der Waals surface area contributed by atoms with Crippen molar-refractivity contribution in [2.75, 3.05) is 6.16 Å². The minimum Gasteiger partial charge on any atom is -0.0622 e. The maximum atomic E-state index is 2.37. The van der Waals surface area contributed by atoms with Crippen LogP contribution in [0.25, 0.3) is 0 Å². The summed E-state index contributed by atoms with van der Waals surface area (Å²) < 4.78 is 0. The van der Waals surface area contributed by atoms with Crippen molar-refractivity contribution >= 4 is 37.1 Å². The van der Waals surface area contributed by atoms with E-state index in [-0.39, 0.29) is 15.8 Å². The molecule has 0 heterocycles. The first kappa shape index (κ1) is 21.6. The molecule has 4 aromatic rings. The van der Waals surface area contributed by atoms with Crippen molar-refractivity contribution in [1.82, 2.24) is 0 Å². The lowest BCUT2D eigenvalue weighted by Gasteiger charge is -2.32. The summed E-state index contributed by atoms with van der Waals surface area (Å²) in [5, 5.41) is 6.11. The highest BCUT2D eigenvalue weighted by Gasteiger charge is 2.36. The molecule has 32 heavy (non-hydrogen) atoms. The fourth-order valence-corrected chi connectivity index (χ4v) is 11.1.